The maximum atomic E-state index is 17.2. The summed E-state index contributed by atoms with van der Waals surface area (Å²) in [5, 5.41) is 24.3. The van der Waals surface area contributed by atoms with E-state index in [9.17, 15) is 10.2 Å². The van der Waals surface area contributed by atoms with Gasteiger partial charge in [-0.1, -0.05) is 31.2 Å². The molecule has 2 spiro atoms. The summed E-state index contributed by atoms with van der Waals surface area (Å²) in [4.78, 5) is 6.35. The molecule has 2 N–H and O–H groups in total. The van der Waals surface area contributed by atoms with Crippen molar-refractivity contribution in [2.45, 2.75) is 80.6 Å². The monoisotopic (exact) mass is 490 g/mol. The maximum absolute atomic E-state index is 17.2. The van der Waals surface area contributed by atoms with E-state index in [2.05, 4.69) is 36.2 Å². The van der Waals surface area contributed by atoms with E-state index in [0.29, 0.717) is 37.7 Å². The number of likely N-dealkylation sites (N-methyl/N-ethyl adjacent to an activating group) is 1. The van der Waals surface area contributed by atoms with E-state index >= 15 is 4.39 Å². The van der Waals surface area contributed by atoms with Crippen LogP contribution in [0.2, 0.25) is 0 Å². The number of pyridine rings is 1. The lowest BCUT2D eigenvalue weighted by Gasteiger charge is -2.60. The summed E-state index contributed by atoms with van der Waals surface area (Å²) in [6, 6.07) is 8.19. The number of hydrogen-bond acceptors (Lipinski definition) is 5. The first-order valence-corrected chi connectivity index (χ1v) is 13.3. The third kappa shape index (κ3) is 2.66. The standard InChI is InChI=1S/C30H35FN2O3/c1-27-10-12-29(31)15-22-25(34)26(35)23(33(2)3)16-28(22)11-13-30(29,36-28)24(27)8-7-21(27)19-6-4-5-18-9-14-32-17-20(18)19/h4-7,9,14-15,17,23-26,34-35H,8,10-13,16H2,1-3H3. The minimum Gasteiger partial charge on any atom is -0.388 e. The number of aliphatic hydroxyl groups excluding tert-OH is 2. The predicted molar refractivity (Wildman–Crippen MR) is 137 cm³/mol. The molecule has 2 saturated carbocycles. The number of benzene rings is 1. The lowest BCUT2D eigenvalue weighted by Crippen LogP contribution is -2.68. The Hall–Kier alpha value is -2.12. The summed E-state index contributed by atoms with van der Waals surface area (Å²) in [6.07, 6.45) is 9.43. The van der Waals surface area contributed by atoms with Gasteiger partial charge in [-0.05, 0) is 92.3 Å². The molecular formula is C30H35FN2O3. The molecule has 3 aliphatic carbocycles. The summed E-state index contributed by atoms with van der Waals surface area (Å²) >= 11 is 0. The zero-order valence-corrected chi connectivity index (χ0v) is 21.2. The van der Waals surface area contributed by atoms with Crippen LogP contribution in [-0.4, -0.2) is 69.3 Å². The summed E-state index contributed by atoms with van der Waals surface area (Å²) in [5.41, 5.74) is -0.467. The van der Waals surface area contributed by atoms with Crippen molar-refractivity contribution in [3.05, 3.63) is 59.9 Å². The lowest BCUT2D eigenvalue weighted by atomic mass is 9.53. The third-order valence-corrected chi connectivity index (χ3v) is 10.6. The van der Waals surface area contributed by atoms with Crippen molar-refractivity contribution < 1.29 is 19.3 Å². The zero-order valence-electron chi connectivity index (χ0n) is 21.2. The number of nitrogens with zero attached hydrogens (tertiary/aromatic N) is 2. The number of alkyl halides is 1. The van der Waals surface area contributed by atoms with E-state index < -0.39 is 29.1 Å². The molecule has 3 fully saturated rings. The fraction of sp³-hybridized carbons (Fsp3) is 0.567. The quantitative estimate of drug-likeness (QED) is 0.610. The number of allylic oxidation sites excluding steroid dienone is 2. The second-order valence-corrected chi connectivity index (χ2v) is 12.3. The van der Waals surface area contributed by atoms with Crippen LogP contribution in [0.25, 0.3) is 16.3 Å². The highest BCUT2D eigenvalue weighted by Crippen LogP contribution is 2.71. The summed E-state index contributed by atoms with van der Waals surface area (Å²) in [6.45, 7) is 2.30. The number of aliphatic hydroxyl groups is 2. The average Bonchev–Trinajstić information content (AvgIpc) is 3.39. The van der Waals surface area contributed by atoms with Crippen LogP contribution in [0.3, 0.4) is 0 Å². The highest BCUT2D eigenvalue weighted by Gasteiger charge is 2.74. The van der Waals surface area contributed by atoms with Gasteiger partial charge in [-0.25, -0.2) is 4.39 Å². The highest BCUT2D eigenvalue weighted by atomic mass is 19.1. The topological polar surface area (TPSA) is 65.8 Å². The molecule has 3 heterocycles. The number of ether oxygens (including phenoxy) is 1. The Labute approximate surface area is 211 Å². The Morgan fingerprint density at radius 2 is 1.94 bits per heavy atom. The van der Waals surface area contributed by atoms with Crippen LogP contribution in [0.4, 0.5) is 4.39 Å². The SMILES string of the molecule is CN(C)C1CC23CCC4(O2)C2CC=C(c5cccc6ccncc56)C2(C)CCC4(F)C=C3C(O)C1O. The summed E-state index contributed by atoms with van der Waals surface area (Å²) in [7, 11) is 3.84. The Bertz CT molecular complexity index is 1320. The molecule has 5 nitrogen and oxygen atoms in total. The molecule has 8 atom stereocenters. The molecule has 0 radical (unpaired) electrons. The first-order chi connectivity index (χ1) is 17.1. The first kappa shape index (κ1) is 23.0. The van der Waals surface area contributed by atoms with Crippen molar-refractivity contribution in [3.8, 4) is 0 Å². The van der Waals surface area contributed by atoms with Gasteiger partial charge in [0.25, 0.3) is 0 Å². The van der Waals surface area contributed by atoms with Crippen LogP contribution in [0, 0.1) is 11.3 Å². The lowest BCUT2D eigenvalue weighted by molar-refractivity contribution is -0.239. The van der Waals surface area contributed by atoms with Gasteiger partial charge < -0.3 is 19.8 Å². The van der Waals surface area contributed by atoms with Gasteiger partial charge in [0, 0.05) is 29.7 Å². The highest BCUT2D eigenvalue weighted by molar-refractivity contribution is 5.95. The second kappa shape index (κ2) is 7.25. The fourth-order valence-corrected chi connectivity index (χ4v) is 8.75. The number of aromatic nitrogens is 1. The van der Waals surface area contributed by atoms with Gasteiger partial charge in [0.15, 0.2) is 5.67 Å². The molecule has 0 amide bonds. The Morgan fingerprint density at radius 1 is 1.11 bits per heavy atom. The van der Waals surface area contributed by atoms with Crippen LogP contribution >= 0.6 is 0 Å². The van der Waals surface area contributed by atoms with Gasteiger partial charge in [0.05, 0.1) is 11.7 Å². The van der Waals surface area contributed by atoms with E-state index in [0.717, 1.165) is 17.2 Å². The second-order valence-electron chi connectivity index (χ2n) is 12.3. The molecule has 2 aromatic rings. The van der Waals surface area contributed by atoms with Crippen molar-refractivity contribution in [1.82, 2.24) is 9.88 Å². The van der Waals surface area contributed by atoms with Gasteiger partial charge in [-0.15, -0.1) is 0 Å². The minimum absolute atomic E-state index is 0.00431. The molecule has 190 valence electrons. The number of hydrogen-bond donors (Lipinski definition) is 2. The molecule has 1 saturated heterocycles. The largest absolute Gasteiger partial charge is 0.388 e. The molecule has 5 aliphatic rings. The molecule has 8 unspecified atom stereocenters. The molecule has 6 heteroatoms. The number of fused-ring (bicyclic) bond motifs is 2. The minimum atomic E-state index is -1.65. The molecule has 2 aliphatic heterocycles. The Kier molecular flexibility index (Phi) is 4.64. The van der Waals surface area contributed by atoms with E-state index in [1.807, 2.05) is 37.5 Å². The van der Waals surface area contributed by atoms with Crippen molar-refractivity contribution >= 4 is 16.3 Å². The van der Waals surface area contributed by atoms with Crippen LogP contribution in [0.1, 0.15) is 51.0 Å². The molecule has 1 aromatic carbocycles. The van der Waals surface area contributed by atoms with Crippen LogP contribution in [0.15, 0.2) is 54.4 Å². The van der Waals surface area contributed by atoms with Gasteiger partial charge in [-0.3, -0.25) is 4.98 Å². The molecule has 1 aromatic heterocycles. The van der Waals surface area contributed by atoms with E-state index in [4.69, 9.17) is 4.74 Å². The van der Waals surface area contributed by atoms with E-state index in [-0.39, 0.29) is 17.4 Å². The third-order valence-electron chi connectivity index (χ3n) is 10.6. The van der Waals surface area contributed by atoms with Gasteiger partial charge in [-0.2, -0.15) is 0 Å². The average molecular weight is 491 g/mol. The van der Waals surface area contributed by atoms with Crippen molar-refractivity contribution in [1.29, 1.82) is 0 Å². The first-order valence-electron chi connectivity index (χ1n) is 13.3. The summed E-state index contributed by atoms with van der Waals surface area (Å²) in [5.74, 6) is 0.00431. The number of rotatable bonds is 2. The fourth-order valence-electron chi connectivity index (χ4n) is 8.75. The van der Waals surface area contributed by atoms with Crippen molar-refractivity contribution in [2.75, 3.05) is 14.1 Å². The Balaban J connectivity index is 1.33. The van der Waals surface area contributed by atoms with Gasteiger partial charge >= 0.3 is 0 Å². The molecule has 36 heavy (non-hydrogen) atoms. The molecule has 7 rings (SSSR count). The maximum Gasteiger partial charge on any atom is 0.158 e. The van der Waals surface area contributed by atoms with Gasteiger partial charge in [0.1, 0.15) is 11.7 Å². The van der Waals surface area contributed by atoms with Crippen molar-refractivity contribution in [3.63, 3.8) is 0 Å². The molecular weight excluding hydrogens is 455 g/mol. The van der Waals surface area contributed by atoms with E-state index in [1.54, 1.807) is 6.08 Å². The van der Waals surface area contributed by atoms with Crippen molar-refractivity contribution in [2.24, 2.45) is 11.3 Å². The van der Waals surface area contributed by atoms with Crippen LogP contribution in [-0.2, 0) is 4.74 Å². The smallest absolute Gasteiger partial charge is 0.158 e. The normalized spacial score (nSPS) is 45.2. The van der Waals surface area contributed by atoms with Gasteiger partial charge in [0.2, 0.25) is 0 Å². The molecule has 2 bridgehead atoms. The number of halogens is 1. The van der Waals surface area contributed by atoms with Crippen LogP contribution in [0.5, 0.6) is 0 Å². The predicted octanol–water partition coefficient (Wildman–Crippen LogP) is 4.43. The van der Waals surface area contributed by atoms with E-state index in [1.165, 1.54) is 11.1 Å². The van der Waals surface area contributed by atoms with Crippen LogP contribution < -0.4 is 0 Å². The zero-order chi connectivity index (χ0) is 25.1. The summed E-state index contributed by atoms with van der Waals surface area (Å²) < 4.78 is 24.2. The Morgan fingerprint density at radius 3 is 2.75 bits per heavy atom.